The summed E-state index contributed by atoms with van der Waals surface area (Å²) in [5.41, 5.74) is -0.200. The summed E-state index contributed by atoms with van der Waals surface area (Å²) >= 11 is 1.54. The minimum absolute atomic E-state index is 0.0550. The normalized spacial score (nSPS) is 21.3. The van der Waals surface area contributed by atoms with E-state index in [2.05, 4.69) is 10.3 Å². The summed E-state index contributed by atoms with van der Waals surface area (Å²) in [6.07, 6.45) is -3.43. The molecule has 0 unspecified atom stereocenters. The Labute approximate surface area is 138 Å². The summed E-state index contributed by atoms with van der Waals surface area (Å²) < 4.78 is 39.1. The fraction of sp³-hybridized carbons (Fsp3) is 0.733. The van der Waals surface area contributed by atoms with Gasteiger partial charge in [-0.05, 0) is 18.3 Å². The molecule has 8 heteroatoms. The Morgan fingerprint density at radius 3 is 2.74 bits per heavy atom. The lowest BCUT2D eigenvalue weighted by Crippen LogP contribution is -2.54. The summed E-state index contributed by atoms with van der Waals surface area (Å²) in [6.45, 7) is 5.66. The van der Waals surface area contributed by atoms with Crippen LogP contribution in [0.15, 0.2) is 5.38 Å². The van der Waals surface area contributed by atoms with Crippen molar-refractivity contribution in [3.8, 4) is 0 Å². The third-order valence-corrected chi connectivity index (χ3v) is 5.28. The van der Waals surface area contributed by atoms with Gasteiger partial charge < -0.3 is 10.2 Å². The molecule has 0 aliphatic carbocycles. The molecule has 0 saturated carbocycles. The third kappa shape index (κ3) is 4.37. The van der Waals surface area contributed by atoms with Crippen molar-refractivity contribution in [3.63, 3.8) is 0 Å². The van der Waals surface area contributed by atoms with Crippen molar-refractivity contribution in [1.82, 2.24) is 15.2 Å². The zero-order valence-electron chi connectivity index (χ0n) is 13.5. The maximum absolute atomic E-state index is 13.0. The molecule has 2 heterocycles. The van der Waals surface area contributed by atoms with Crippen LogP contribution in [-0.2, 0) is 13.0 Å². The number of hydrogen-bond donors (Lipinski definition) is 1. The van der Waals surface area contributed by atoms with Gasteiger partial charge in [0.05, 0.1) is 23.2 Å². The molecule has 1 aliphatic rings. The SMILES string of the molecule is CCc1nc(CNC(=O)N2CC[C@H](C(F)(F)F)C(C)(C)C2)cs1. The van der Waals surface area contributed by atoms with E-state index in [9.17, 15) is 18.0 Å². The highest BCUT2D eigenvalue weighted by atomic mass is 32.1. The van der Waals surface area contributed by atoms with Crippen LogP contribution in [0.25, 0.3) is 0 Å². The third-order valence-electron chi connectivity index (χ3n) is 4.23. The number of nitrogens with one attached hydrogen (secondary N) is 1. The van der Waals surface area contributed by atoms with Gasteiger partial charge in [-0.25, -0.2) is 9.78 Å². The summed E-state index contributed by atoms with van der Waals surface area (Å²) in [6, 6.07) is -0.329. The Balaban J connectivity index is 1.91. The molecule has 4 nitrogen and oxygen atoms in total. The number of urea groups is 1. The molecule has 1 saturated heterocycles. The van der Waals surface area contributed by atoms with E-state index in [1.54, 1.807) is 13.8 Å². The average Bonchev–Trinajstić information content (AvgIpc) is 2.90. The summed E-state index contributed by atoms with van der Waals surface area (Å²) in [4.78, 5) is 18.0. The number of piperidine rings is 1. The molecule has 1 fully saturated rings. The van der Waals surface area contributed by atoms with Gasteiger partial charge in [0.25, 0.3) is 0 Å². The predicted octanol–water partition coefficient (Wildman–Crippen LogP) is 3.83. The molecule has 0 radical (unpaired) electrons. The Hall–Kier alpha value is -1.31. The minimum atomic E-state index is -4.22. The molecule has 0 aromatic carbocycles. The van der Waals surface area contributed by atoms with Gasteiger partial charge >= 0.3 is 12.2 Å². The van der Waals surface area contributed by atoms with Crippen LogP contribution >= 0.6 is 11.3 Å². The summed E-state index contributed by atoms with van der Waals surface area (Å²) in [7, 11) is 0. The second-order valence-electron chi connectivity index (χ2n) is 6.54. The highest BCUT2D eigenvalue weighted by Crippen LogP contribution is 2.44. The van der Waals surface area contributed by atoms with Crippen molar-refractivity contribution in [2.24, 2.45) is 11.3 Å². The van der Waals surface area contributed by atoms with Crippen molar-refractivity contribution in [1.29, 1.82) is 0 Å². The van der Waals surface area contributed by atoms with Crippen molar-refractivity contribution < 1.29 is 18.0 Å². The van der Waals surface area contributed by atoms with E-state index < -0.39 is 17.5 Å². The van der Waals surface area contributed by atoms with Gasteiger partial charge in [-0.2, -0.15) is 13.2 Å². The fourth-order valence-electron chi connectivity index (χ4n) is 3.01. The standard InChI is InChI=1S/C15H22F3N3OS/c1-4-12-20-10(8-23-12)7-19-13(22)21-6-5-11(15(16,17)18)14(2,3)9-21/h8,11H,4-7,9H2,1-3H3,(H,19,22)/t11-/m0/s1. The van der Waals surface area contributed by atoms with E-state index in [-0.39, 0.29) is 25.5 Å². The number of carbonyl (C=O) groups excluding carboxylic acids is 1. The lowest BCUT2D eigenvalue weighted by Gasteiger charge is -2.44. The van der Waals surface area contributed by atoms with Crippen LogP contribution < -0.4 is 5.32 Å². The molecule has 23 heavy (non-hydrogen) atoms. The van der Waals surface area contributed by atoms with Crippen molar-refractivity contribution >= 4 is 17.4 Å². The molecule has 1 aliphatic heterocycles. The molecule has 2 amide bonds. The van der Waals surface area contributed by atoms with Crippen LogP contribution in [0.4, 0.5) is 18.0 Å². The van der Waals surface area contributed by atoms with Crippen LogP contribution in [0.1, 0.15) is 37.9 Å². The number of rotatable bonds is 3. The topological polar surface area (TPSA) is 45.2 Å². The summed E-state index contributed by atoms with van der Waals surface area (Å²) in [5.74, 6) is -1.37. The highest BCUT2D eigenvalue weighted by Gasteiger charge is 2.51. The quantitative estimate of drug-likeness (QED) is 0.901. The van der Waals surface area contributed by atoms with E-state index >= 15 is 0 Å². The monoisotopic (exact) mass is 349 g/mol. The molecule has 1 atom stereocenters. The number of aromatic nitrogens is 1. The first-order valence-electron chi connectivity index (χ1n) is 7.66. The first kappa shape index (κ1) is 18.0. The van der Waals surface area contributed by atoms with Crippen molar-refractivity contribution in [2.45, 2.75) is 46.3 Å². The largest absolute Gasteiger partial charge is 0.392 e. The maximum Gasteiger partial charge on any atom is 0.392 e. The molecule has 2 rings (SSSR count). The summed E-state index contributed by atoms with van der Waals surface area (Å²) in [5, 5.41) is 5.64. The number of alkyl halides is 3. The number of hydrogen-bond acceptors (Lipinski definition) is 3. The number of halogens is 3. The molecule has 1 aromatic rings. The molecule has 0 bridgehead atoms. The highest BCUT2D eigenvalue weighted by molar-refractivity contribution is 7.09. The number of likely N-dealkylation sites (tertiary alicyclic amines) is 1. The van der Waals surface area contributed by atoms with Crippen molar-refractivity contribution in [2.75, 3.05) is 13.1 Å². The number of aryl methyl sites for hydroxylation is 1. The van der Waals surface area contributed by atoms with E-state index in [4.69, 9.17) is 0 Å². The van der Waals surface area contributed by atoms with Crippen LogP contribution in [0.5, 0.6) is 0 Å². The first-order valence-corrected chi connectivity index (χ1v) is 8.54. The van der Waals surface area contributed by atoms with Gasteiger partial charge in [0.1, 0.15) is 0 Å². The average molecular weight is 349 g/mol. The van der Waals surface area contributed by atoms with Gasteiger partial charge in [-0.1, -0.05) is 20.8 Å². The smallest absolute Gasteiger partial charge is 0.332 e. The molecule has 1 N–H and O–H groups in total. The molecule has 130 valence electrons. The van der Waals surface area contributed by atoms with Gasteiger partial charge in [-0.3, -0.25) is 0 Å². The molecule has 0 spiro atoms. The second kappa shape index (κ2) is 6.67. The van der Waals surface area contributed by atoms with E-state index in [1.165, 1.54) is 16.2 Å². The van der Waals surface area contributed by atoms with Gasteiger partial charge in [0, 0.05) is 18.5 Å². The minimum Gasteiger partial charge on any atom is -0.332 e. The second-order valence-corrected chi connectivity index (χ2v) is 7.48. The predicted molar refractivity (Wildman–Crippen MR) is 83.2 cm³/mol. The zero-order chi connectivity index (χ0) is 17.3. The van der Waals surface area contributed by atoms with E-state index in [1.807, 2.05) is 12.3 Å². The van der Waals surface area contributed by atoms with Crippen LogP contribution in [0.3, 0.4) is 0 Å². The number of amides is 2. The molecular weight excluding hydrogens is 327 g/mol. The first-order chi connectivity index (χ1) is 10.6. The number of carbonyl (C=O) groups is 1. The van der Waals surface area contributed by atoms with Gasteiger partial charge in [0.2, 0.25) is 0 Å². The fourth-order valence-corrected chi connectivity index (χ4v) is 3.75. The van der Waals surface area contributed by atoms with E-state index in [0.29, 0.717) is 6.54 Å². The Kier molecular flexibility index (Phi) is 5.23. The maximum atomic E-state index is 13.0. The molecular formula is C15H22F3N3OS. The van der Waals surface area contributed by atoms with Crippen molar-refractivity contribution in [3.05, 3.63) is 16.1 Å². The number of nitrogens with zero attached hydrogens (tertiary/aromatic N) is 2. The van der Waals surface area contributed by atoms with Gasteiger partial charge in [0.15, 0.2) is 0 Å². The Morgan fingerprint density at radius 1 is 1.52 bits per heavy atom. The lowest BCUT2D eigenvalue weighted by atomic mass is 9.73. The lowest BCUT2D eigenvalue weighted by molar-refractivity contribution is -0.214. The van der Waals surface area contributed by atoms with Gasteiger partial charge in [-0.15, -0.1) is 11.3 Å². The Bertz CT molecular complexity index is 556. The zero-order valence-corrected chi connectivity index (χ0v) is 14.4. The number of thiazole rings is 1. The van der Waals surface area contributed by atoms with E-state index in [0.717, 1.165) is 17.1 Å². The molecule has 1 aromatic heterocycles. The van der Waals surface area contributed by atoms with Crippen LogP contribution in [0.2, 0.25) is 0 Å². The Morgan fingerprint density at radius 2 is 2.22 bits per heavy atom. The van der Waals surface area contributed by atoms with Crippen LogP contribution in [-0.4, -0.2) is 35.2 Å². The van der Waals surface area contributed by atoms with Crippen LogP contribution in [0, 0.1) is 11.3 Å².